The van der Waals surface area contributed by atoms with E-state index in [0.717, 1.165) is 11.1 Å². The van der Waals surface area contributed by atoms with Crippen LogP contribution in [-0.4, -0.2) is 0 Å². The van der Waals surface area contributed by atoms with Crippen molar-refractivity contribution >= 4 is 5.57 Å². The van der Waals surface area contributed by atoms with E-state index in [1.807, 2.05) is 30.3 Å². The lowest BCUT2D eigenvalue weighted by Crippen LogP contribution is -1.85. The first-order valence-electron chi connectivity index (χ1n) is 3.98. The highest BCUT2D eigenvalue weighted by molar-refractivity contribution is 5.72. The summed E-state index contributed by atoms with van der Waals surface area (Å²) in [6, 6.07) is 9.92. The predicted octanol–water partition coefficient (Wildman–Crippen LogP) is 2.97. The Morgan fingerprint density at radius 1 is 1.15 bits per heavy atom. The van der Waals surface area contributed by atoms with Crippen LogP contribution in [0.25, 0.3) is 5.57 Å². The Morgan fingerprint density at radius 3 is 2.08 bits per heavy atom. The summed E-state index contributed by atoms with van der Waals surface area (Å²) in [5, 5.41) is 0. The maximum absolute atomic E-state index is 5.38. The van der Waals surface area contributed by atoms with Crippen molar-refractivity contribution in [1.29, 1.82) is 0 Å². The van der Waals surface area contributed by atoms with Crippen LogP contribution in [0, 0.1) is 0 Å². The van der Waals surface area contributed by atoms with Gasteiger partial charge in [-0.25, -0.2) is 0 Å². The van der Waals surface area contributed by atoms with Crippen LogP contribution in [0.1, 0.15) is 5.56 Å². The van der Waals surface area contributed by atoms with Gasteiger partial charge >= 0.3 is 0 Å². The molecular formula is C12H15N. The van der Waals surface area contributed by atoms with Crippen molar-refractivity contribution in [1.82, 2.24) is 0 Å². The van der Waals surface area contributed by atoms with Crippen molar-refractivity contribution in [3.05, 3.63) is 67.9 Å². The lowest BCUT2D eigenvalue weighted by Gasteiger charge is -1.98. The van der Waals surface area contributed by atoms with Crippen molar-refractivity contribution in [3.8, 4) is 0 Å². The molecule has 0 fully saturated rings. The monoisotopic (exact) mass is 173 g/mol. The summed E-state index contributed by atoms with van der Waals surface area (Å²) >= 11 is 0. The van der Waals surface area contributed by atoms with Crippen LogP contribution in [0.5, 0.6) is 0 Å². The zero-order valence-electron chi connectivity index (χ0n) is 7.74. The molecule has 1 aromatic rings. The fraction of sp³-hybridized carbons (Fsp3) is 0. The van der Waals surface area contributed by atoms with Gasteiger partial charge in [0, 0.05) is 6.20 Å². The lowest BCUT2D eigenvalue weighted by atomic mass is 10.1. The first kappa shape index (κ1) is 11.2. The first-order valence-corrected chi connectivity index (χ1v) is 3.98. The van der Waals surface area contributed by atoms with Gasteiger partial charge in [-0.3, -0.25) is 0 Å². The molecule has 0 unspecified atom stereocenters. The van der Waals surface area contributed by atoms with Crippen LogP contribution in [-0.2, 0) is 0 Å². The van der Waals surface area contributed by atoms with Crippen LogP contribution < -0.4 is 5.73 Å². The second-order valence-electron chi connectivity index (χ2n) is 2.19. The summed E-state index contributed by atoms with van der Waals surface area (Å²) in [7, 11) is 0. The molecule has 1 aromatic carbocycles. The average molecular weight is 173 g/mol. The Bertz CT molecular complexity index is 272. The Balaban J connectivity index is 0.000000671. The molecular weight excluding hydrogens is 158 g/mol. The molecule has 68 valence electrons. The van der Waals surface area contributed by atoms with E-state index in [1.54, 1.807) is 12.3 Å². The molecule has 0 aliphatic heterocycles. The van der Waals surface area contributed by atoms with Crippen LogP contribution in [0.15, 0.2) is 62.3 Å². The van der Waals surface area contributed by atoms with Crippen LogP contribution in [0.4, 0.5) is 0 Å². The third-order valence-corrected chi connectivity index (χ3v) is 1.51. The van der Waals surface area contributed by atoms with Gasteiger partial charge in [0.2, 0.25) is 0 Å². The van der Waals surface area contributed by atoms with E-state index in [1.165, 1.54) is 0 Å². The smallest absolute Gasteiger partial charge is 0.00173 e. The van der Waals surface area contributed by atoms with Gasteiger partial charge in [-0.2, -0.15) is 0 Å². The zero-order valence-corrected chi connectivity index (χ0v) is 7.74. The van der Waals surface area contributed by atoms with Crippen molar-refractivity contribution < 1.29 is 0 Å². The Morgan fingerprint density at radius 2 is 1.69 bits per heavy atom. The fourth-order valence-electron chi connectivity index (χ4n) is 0.913. The molecule has 0 saturated heterocycles. The molecule has 1 heteroatoms. The molecule has 2 N–H and O–H groups in total. The van der Waals surface area contributed by atoms with Gasteiger partial charge in [0.1, 0.15) is 0 Å². The highest BCUT2D eigenvalue weighted by Crippen LogP contribution is 2.12. The largest absolute Gasteiger partial charge is 0.404 e. The molecule has 1 rings (SSSR count). The minimum atomic E-state index is 0.964. The van der Waals surface area contributed by atoms with Crippen LogP contribution in [0.2, 0.25) is 0 Å². The van der Waals surface area contributed by atoms with Crippen LogP contribution in [0.3, 0.4) is 0 Å². The van der Waals surface area contributed by atoms with Gasteiger partial charge in [-0.1, -0.05) is 43.0 Å². The number of hydrogen-bond acceptors (Lipinski definition) is 1. The molecule has 0 spiro atoms. The van der Waals surface area contributed by atoms with Gasteiger partial charge < -0.3 is 5.73 Å². The summed E-state index contributed by atoms with van der Waals surface area (Å²) in [6.45, 7) is 9.66. The predicted molar refractivity (Wildman–Crippen MR) is 60.1 cm³/mol. The van der Waals surface area contributed by atoms with E-state index in [-0.39, 0.29) is 0 Å². The van der Waals surface area contributed by atoms with Crippen molar-refractivity contribution in [3.63, 3.8) is 0 Å². The van der Waals surface area contributed by atoms with Gasteiger partial charge in [-0.15, -0.1) is 13.2 Å². The first-order chi connectivity index (χ1) is 6.38. The number of hydrogen-bond donors (Lipinski definition) is 1. The van der Waals surface area contributed by atoms with Gasteiger partial charge in [0.25, 0.3) is 0 Å². The number of rotatable bonds is 2. The van der Waals surface area contributed by atoms with Crippen molar-refractivity contribution in [2.75, 3.05) is 0 Å². The Labute approximate surface area is 79.9 Å². The number of allylic oxidation sites excluding steroid dienone is 2. The van der Waals surface area contributed by atoms with E-state index in [2.05, 4.69) is 19.7 Å². The summed E-state index contributed by atoms with van der Waals surface area (Å²) in [6.07, 6.45) is 3.30. The molecule has 0 bridgehead atoms. The molecule has 13 heavy (non-hydrogen) atoms. The molecule has 0 radical (unpaired) electrons. The van der Waals surface area contributed by atoms with E-state index in [9.17, 15) is 0 Å². The van der Waals surface area contributed by atoms with E-state index in [0.29, 0.717) is 0 Å². The third kappa shape index (κ3) is 3.43. The maximum Gasteiger partial charge on any atom is 0.00173 e. The van der Waals surface area contributed by atoms with Crippen molar-refractivity contribution in [2.24, 2.45) is 5.73 Å². The van der Waals surface area contributed by atoms with E-state index in [4.69, 9.17) is 5.73 Å². The number of benzene rings is 1. The SMILES string of the molecule is C=C.C=C/C(=C/N)c1ccccc1. The second kappa shape index (κ2) is 6.92. The minimum absolute atomic E-state index is 0.964. The topological polar surface area (TPSA) is 26.0 Å². The molecule has 1 nitrogen and oxygen atoms in total. The van der Waals surface area contributed by atoms with Gasteiger partial charge in [-0.05, 0) is 11.1 Å². The second-order valence-corrected chi connectivity index (χ2v) is 2.19. The van der Waals surface area contributed by atoms with E-state index < -0.39 is 0 Å². The molecule has 0 aromatic heterocycles. The van der Waals surface area contributed by atoms with Gasteiger partial charge in [0.15, 0.2) is 0 Å². The molecule has 0 aliphatic rings. The highest BCUT2D eigenvalue weighted by Gasteiger charge is 1.92. The third-order valence-electron chi connectivity index (χ3n) is 1.51. The molecule has 0 atom stereocenters. The summed E-state index contributed by atoms with van der Waals surface area (Å²) in [4.78, 5) is 0. The quantitative estimate of drug-likeness (QED) is 0.540. The number of nitrogens with two attached hydrogens (primary N) is 1. The summed E-state index contributed by atoms with van der Waals surface area (Å²) in [5.74, 6) is 0. The summed E-state index contributed by atoms with van der Waals surface area (Å²) in [5.41, 5.74) is 7.45. The summed E-state index contributed by atoms with van der Waals surface area (Å²) < 4.78 is 0. The lowest BCUT2D eigenvalue weighted by molar-refractivity contribution is 1.56. The Kier molecular flexibility index (Phi) is 5.98. The zero-order chi connectivity index (χ0) is 10.1. The molecule has 0 amide bonds. The maximum atomic E-state index is 5.38. The molecule has 0 saturated carbocycles. The minimum Gasteiger partial charge on any atom is -0.404 e. The fourth-order valence-corrected chi connectivity index (χ4v) is 0.913. The molecule has 0 heterocycles. The highest BCUT2D eigenvalue weighted by atomic mass is 14.5. The van der Waals surface area contributed by atoms with Crippen LogP contribution >= 0.6 is 0 Å². The van der Waals surface area contributed by atoms with Crippen molar-refractivity contribution in [2.45, 2.75) is 0 Å². The molecule has 0 aliphatic carbocycles. The van der Waals surface area contributed by atoms with E-state index >= 15 is 0 Å². The van der Waals surface area contributed by atoms with Gasteiger partial charge in [0.05, 0.1) is 0 Å². The standard InChI is InChI=1S/C10H11N.C2H4/c1-2-9(8-11)10-6-4-3-5-7-10;1-2/h2-8H,1,11H2;1-2H2/b9-8-;. The average Bonchev–Trinajstić information content (AvgIpc) is 2.24. The Hall–Kier alpha value is -1.76. The normalized spacial score (nSPS) is 9.69.